The lowest BCUT2D eigenvalue weighted by atomic mass is 10.1. The molecule has 1 N–H and O–H groups in total. The summed E-state index contributed by atoms with van der Waals surface area (Å²) in [5.74, 6) is 1.80. The molecule has 1 fully saturated rings. The molecule has 2 aromatic rings. The summed E-state index contributed by atoms with van der Waals surface area (Å²) >= 11 is 0. The molecular weight excluding hydrogens is 338 g/mol. The van der Waals surface area contributed by atoms with Gasteiger partial charge in [-0.15, -0.1) is 0 Å². The van der Waals surface area contributed by atoms with Crippen LogP contribution < -0.4 is 10.1 Å². The summed E-state index contributed by atoms with van der Waals surface area (Å²) in [6.45, 7) is 11.7. The van der Waals surface area contributed by atoms with Crippen LogP contribution in [-0.2, 0) is 12.1 Å². The van der Waals surface area contributed by atoms with E-state index in [1.54, 1.807) is 0 Å². The molecule has 0 bridgehead atoms. The van der Waals surface area contributed by atoms with Gasteiger partial charge < -0.3 is 10.1 Å². The third kappa shape index (κ3) is 5.12. The van der Waals surface area contributed by atoms with Gasteiger partial charge in [-0.05, 0) is 63.3 Å². The summed E-state index contributed by atoms with van der Waals surface area (Å²) in [7, 11) is 0. The van der Waals surface area contributed by atoms with E-state index < -0.39 is 0 Å². The topological polar surface area (TPSA) is 56.1 Å². The van der Waals surface area contributed by atoms with E-state index in [-0.39, 0.29) is 11.4 Å². The predicted octanol–water partition coefficient (Wildman–Crippen LogP) is 4.48. The SMILES string of the molecule is CC(C)COc1ccc(CNC(=O)c2cc(C3CC3)nn2C(C)(C)C)cc1. The second-order valence-corrected chi connectivity index (χ2v) is 8.84. The van der Waals surface area contributed by atoms with Gasteiger partial charge in [-0.25, -0.2) is 0 Å². The Bertz CT molecular complexity index is 781. The molecule has 0 radical (unpaired) electrons. The highest BCUT2D eigenvalue weighted by Crippen LogP contribution is 2.40. The molecule has 1 saturated carbocycles. The predicted molar refractivity (Wildman–Crippen MR) is 107 cm³/mol. The number of hydrogen-bond acceptors (Lipinski definition) is 3. The third-order valence-corrected chi connectivity index (χ3v) is 4.55. The summed E-state index contributed by atoms with van der Waals surface area (Å²) in [4.78, 5) is 12.8. The summed E-state index contributed by atoms with van der Waals surface area (Å²) in [6.07, 6.45) is 2.35. The van der Waals surface area contributed by atoms with E-state index in [9.17, 15) is 4.79 Å². The zero-order valence-corrected chi connectivity index (χ0v) is 17.1. The molecule has 0 spiro atoms. The smallest absolute Gasteiger partial charge is 0.269 e. The maximum atomic E-state index is 12.8. The van der Waals surface area contributed by atoms with E-state index >= 15 is 0 Å². The van der Waals surface area contributed by atoms with Crippen molar-refractivity contribution < 1.29 is 9.53 Å². The van der Waals surface area contributed by atoms with Gasteiger partial charge in [-0.3, -0.25) is 9.48 Å². The minimum atomic E-state index is -0.227. The number of nitrogens with zero attached hydrogens (tertiary/aromatic N) is 2. The number of rotatable bonds is 7. The van der Waals surface area contributed by atoms with Crippen molar-refractivity contribution in [2.75, 3.05) is 6.61 Å². The van der Waals surface area contributed by atoms with Crippen LogP contribution in [0.4, 0.5) is 0 Å². The Hall–Kier alpha value is -2.30. The lowest BCUT2D eigenvalue weighted by molar-refractivity contribution is 0.0932. The highest BCUT2D eigenvalue weighted by atomic mass is 16.5. The first-order valence-corrected chi connectivity index (χ1v) is 9.84. The Kier molecular flexibility index (Phi) is 5.59. The Labute approximate surface area is 162 Å². The summed E-state index contributed by atoms with van der Waals surface area (Å²) < 4.78 is 7.56. The van der Waals surface area contributed by atoms with Crippen molar-refractivity contribution in [3.05, 3.63) is 47.3 Å². The first-order valence-electron chi connectivity index (χ1n) is 9.84. The van der Waals surface area contributed by atoms with Gasteiger partial charge in [-0.1, -0.05) is 26.0 Å². The molecule has 1 heterocycles. The zero-order valence-electron chi connectivity index (χ0n) is 17.1. The maximum Gasteiger partial charge on any atom is 0.269 e. The van der Waals surface area contributed by atoms with Crippen LogP contribution in [0.5, 0.6) is 5.75 Å². The van der Waals surface area contributed by atoms with E-state index in [0.717, 1.165) is 17.0 Å². The number of carbonyl (C=O) groups is 1. The first kappa shape index (κ1) is 19.5. The van der Waals surface area contributed by atoms with Crippen LogP contribution in [0.1, 0.15) is 75.1 Å². The molecule has 1 aromatic heterocycles. The van der Waals surface area contributed by atoms with Crippen molar-refractivity contribution in [1.82, 2.24) is 15.1 Å². The fourth-order valence-electron chi connectivity index (χ4n) is 2.89. The van der Waals surface area contributed by atoms with Gasteiger partial charge in [0.05, 0.1) is 17.8 Å². The lowest BCUT2D eigenvalue weighted by Gasteiger charge is -2.22. The monoisotopic (exact) mass is 369 g/mol. The molecule has 1 amide bonds. The number of amides is 1. The average Bonchev–Trinajstić information content (AvgIpc) is 3.35. The Balaban J connectivity index is 1.64. The van der Waals surface area contributed by atoms with Crippen LogP contribution in [0, 0.1) is 5.92 Å². The van der Waals surface area contributed by atoms with Crippen LogP contribution in [0.15, 0.2) is 30.3 Å². The van der Waals surface area contributed by atoms with Crippen molar-refractivity contribution in [3.63, 3.8) is 0 Å². The Morgan fingerprint density at radius 1 is 1.26 bits per heavy atom. The highest BCUT2D eigenvalue weighted by molar-refractivity contribution is 5.92. The average molecular weight is 370 g/mol. The molecule has 0 saturated heterocycles. The van der Waals surface area contributed by atoms with Gasteiger partial charge in [-0.2, -0.15) is 5.10 Å². The molecular formula is C22H31N3O2. The number of aromatic nitrogens is 2. The lowest BCUT2D eigenvalue weighted by Crippen LogP contribution is -2.32. The van der Waals surface area contributed by atoms with Crippen LogP contribution in [0.25, 0.3) is 0 Å². The fourth-order valence-corrected chi connectivity index (χ4v) is 2.89. The van der Waals surface area contributed by atoms with Gasteiger partial charge in [0.25, 0.3) is 5.91 Å². The zero-order chi connectivity index (χ0) is 19.6. The molecule has 0 atom stereocenters. The van der Waals surface area contributed by atoms with E-state index in [1.165, 1.54) is 12.8 Å². The normalized spacial score (nSPS) is 14.4. The number of nitrogens with one attached hydrogen (secondary N) is 1. The number of hydrogen-bond donors (Lipinski definition) is 1. The van der Waals surface area contributed by atoms with Gasteiger partial charge in [0.2, 0.25) is 0 Å². The number of benzene rings is 1. The second-order valence-electron chi connectivity index (χ2n) is 8.84. The Morgan fingerprint density at radius 2 is 1.93 bits per heavy atom. The van der Waals surface area contributed by atoms with Gasteiger partial charge >= 0.3 is 0 Å². The van der Waals surface area contributed by atoms with Crippen LogP contribution in [0.2, 0.25) is 0 Å². The molecule has 3 rings (SSSR count). The van der Waals surface area contributed by atoms with E-state index in [4.69, 9.17) is 9.84 Å². The molecule has 5 nitrogen and oxygen atoms in total. The molecule has 1 aromatic carbocycles. The van der Waals surface area contributed by atoms with E-state index in [2.05, 4.69) is 39.9 Å². The van der Waals surface area contributed by atoms with E-state index in [1.807, 2.05) is 35.0 Å². The standard InChI is InChI=1S/C22H31N3O2/c1-15(2)14-27-18-10-6-16(7-11-18)13-23-21(26)20-12-19(17-8-9-17)24-25(20)22(3,4)5/h6-7,10-12,15,17H,8-9,13-14H2,1-5H3,(H,23,26). The number of carbonyl (C=O) groups excluding carboxylic acids is 1. The van der Waals surface area contributed by atoms with Crippen molar-refractivity contribution in [3.8, 4) is 5.75 Å². The summed E-state index contributed by atoms with van der Waals surface area (Å²) in [5.41, 5.74) is 2.50. The quantitative estimate of drug-likeness (QED) is 0.783. The third-order valence-electron chi connectivity index (χ3n) is 4.55. The van der Waals surface area contributed by atoms with E-state index in [0.29, 0.717) is 30.7 Å². The largest absolute Gasteiger partial charge is 0.493 e. The minimum Gasteiger partial charge on any atom is -0.493 e. The van der Waals surface area contributed by atoms with Gasteiger partial charge in [0.1, 0.15) is 11.4 Å². The summed E-state index contributed by atoms with van der Waals surface area (Å²) in [6, 6.07) is 9.85. The Morgan fingerprint density at radius 3 is 2.48 bits per heavy atom. The van der Waals surface area contributed by atoms with Crippen molar-refractivity contribution >= 4 is 5.91 Å². The fraction of sp³-hybridized carbons (Fsp3) is 0.545. The van der Waals surface area contributed by atoms with Crippen molar-refractivity contribution in [2.24, 2.45) is 5.92 Å². The second kappa shape index (κ2) is 7.75. The molecule has 27 heavy (non-hydrogen) atoms. The minimum absolute atomic E-state index is 0.0792. The van der Waals surface area contributed by atoms with Gasteiger partial charge in [0.15, 0.2) is 0 Å². The van der Waals surface area contributed by atoms with Crippen LogP contribution >= 0.6 is 0 Å². The molecule has 1 aliphatic rings. The van der Waals surface area contributed by atoms with Gasteiger partial charge in [0, 0.05) is 12.5 Å². The summed E-state index contributed by atoms with van der Waals surface area (Å²) in [5, 5.41) is 7.73. The van der Waals surface area contributed by atoms with Crippen LogP contribution in [0.3, 0.4) is 0 Å². The molecule has 0 unspecified atom stereocenters. The number of ether oxygens (including phenoxy) is 1. The maximum absolute atomic E-state index is 12.8. The first-order chi connectivity index (χ1) is 12.7. The highest BCUT2D eigenvalue weighted by Gasteiger charge is 2.31. The van der Waals surface area contributed by atoms with Crippen molar-refractivity contribution in [2.45, 2.75) is 65.5 Å². The molecule has 146 valence electrons. The molecule has 5 heteroatoms. The van der Waals surface area contributed by atoms with Crippen LogP contribution in [-0.4, -0.2) is 22.3 Å². The molecule has 1 aliphatic carbocycles. The molecule has 0 aliphatic heterocycles. The van der Waals surface area contributed by atoms with Crippen molar-refractivity contribution in [1.29, 1.82) is 0 Å².